The maximum absolute atomic E-state index is 12.3. The van der Waals surface area contributed by atoms with Crippen LogP contribution in [0.1, 0.15) is 45.0 Å². The van der Waals surface area contributed by atoms with Crippen LogP contribution in [-0.4, -0.2) is 28.3 Å². The molecule has 0 saturated carbocycles. The fourth-order valence-corrected chi connectivity index (χ4v) is 2.55. The number of methoxy groups -OCH3 is 1. The maximum atomic E-state index is 12.3. The summed E-state index contributed by atoms with van der Waals surface area (Å²) in [4.78, 5) is 25.8. The second-order valence-corrected chi connectivity index (χ2v) is 6.25. The van der Waals surface area contributed by atoms with E-state index in [2.05, 4.69) is 0 Å². The first-order valence-corrected chi connectivity index (χ1v) is 6.92. The average Bonchev–Trinajstić information content (AvgIpc) is 2.70. The first-order valence-electron chi connectivity index (χ1n) is 6.92. The Morgan fingerprint density at radius 1 is 1.38 bits per heavy atom. The molecule has 6 nitrogen and oxygen atoms in total. The van der Waals surface area contributed by atoms with Crippen molar-refractivity contribution in [1.29, 1.82) is 0 Å². The quantitative estimate of drug-likeness (QED) is 0.796. The minimum Gasteiger partial charge on any atom is -0.496 e. The number of carbonyl (C=O) groups is 1. The van der Waals surface area contributed by atoms with E-state index < -0.39 is 5.60 Å². The molecule has 0 aliphatic carbocycles. The molecule has 1 aromatic rings. The van der Waals surface area contributed by atoms with Crippen LogP contribution in [0.3, 0.4) is 0 Å². The Morgan fingerprint density at radius 2 is 2.00 bits per heavy atom. The van der Waals surface area contributed by atoms with Gasteiger partial charge in [0.05, 0.1) is 19.7 Å². The number of amides is 1. The van der Waals surface area contributed by atoms with E-state index in [0.717, 1.165) is 11.3 Å². The Bertz CT molecular complexity index is 628. The summed E-state index contributed by atoms with van der Waals surface area (Å²) in [5, 5.41) is 0. The topological polar surface area (TPSA) is 60.8 Å². The molecule has 1 aliphatic rings. The van der Waals surface area contributed by atoms with Crippen LogP contribution in [0, 0.1) is 0 Å². The van der Waals surface area contributed by atoms with Crippen molar-refractivity contribution in [2.24, 2.45) is 7.05 Å². The number of ether oxygens (including phenoxy) is 2. The van der Waals surface area contributed by atoms with Crippen molar-refractivity contribution in [3.8, 4) is 5.75 Å². The second kappa shape index (κ2) is 5.09. The molecule has 0 aromatic carbocycles. The smallest absolute Gasteiger partial charge is 0.411 e. The van der Waals surface area contributed by atoms with Gasteiger partial charge < -0.3 is 14.0 Å². The zero-order valence-electron chi connectivity index (χ0n) is 13.4. The van der Waals surface area contributed by atoms with Gasteiger partial charge in [0.15, 0.2) is 0 Å². The Labute approximate surface area is 124 Å². The highest BCUT2D eigenvalue weighted by atomic mass is 16.6. The third-order valence-electron chi connectivity index (χ3n) is 3.62. The van der Waals surface area contributed by atoms with Gasteiger partial charge >= 0.3 is 6.09 Å². The number of rotatable bonds is 1. The van der Waals surface area contributed by atoms with Crippen molar-refractivity contribution in [2.75, 3.05) is 7.11 Å². The van der Waals surface area contributed by atoms with E-state index in [1.807, 2.05) is 27.7 Å². The van der Waals surface area contributed by atoms with Crippen LogP contribution < -0.4 is 10.3 Å². The monoisotopic (exact) mass is 294 g/mol. The van der Waals surface area contributed by atoms with Gasteiger partial charge in [0.1, 0.15) is 11.4 Å². The highest BCUT2D eigenvalue weighted by Crippen LogP contribution is 2.38. The van der Waals surface area contributed by atoms with Crippen molar-refractivity contribution in [3.05, 3.63) is 27.7 Å². The number of carbonyl (C=O) groups excluding carboxylic acids is 1. The van der Waals surface area contributed by atoms with Crippen LogP contribution in [0.4, 0.5) is 4.79 Å². The largest absolute Gasteiger partial charge is 0.496 e. The van der Waals surface area contributed by atoms with Gasteiger partial charge in [-0.3, -0.25) is 9.69 Å². The molecule has 1 amide bonds. The lowest BCUT2D eigenvalue weighted by Crippen LogP contribution is -2.35. The van der Waals surface area contributed by atoms with Crippen LogP contribution in [0.25, 0.3) is 0 Å². The van der Waals surface area contributed by atoms with Crippen LogP contribution in [0.2, 0.25) is 0 Å². The van der Waals surface area contributed by atoms with E-state index in [0.29, 0.717) is 12.3 Å². The fraction of sp³-hybridized carbons (Fsp3) is 0.600. The summed E-state index contributed by atoms with van der Waals surface area (Å²) in [5.74, 6) is 0.520. The molecule has 2 heterocycles. The normalized spacial score (nSPS) is 17.6. The third kappa shape index (κ3) is 2.75. The Hall–Kier alpha value is -1.98. The highest BCUT2D eigenvalue weighted by Gasteiger charge is 2.37. The third-order valence-corrected chi connectivity index (χ3v) is 3.62. The van der Waals surface area contributed by atoms with Crippen molar-refractivity contribution in [3.63, 3.8) is 0 Å². The molecule has 1 atom stereocenters. The zero-order valence-corrected chi connectivity index (χ0v) is 13.4. The lowest BCUT2D eigenvalue weighted by Gasteiger charge is -2.27. The van der Waals surface area contributed by atoms with E-state index >= 15 is 0 Å². The van der Waals surface area contributed by atoms with Crippen molar-refractivity contribution < 1.29 is 14.3 Å². The summed E-state index contributed by atoms with van der Waals surface area (Å²) in [6, 6.07) is 1.25. The number of hydrogen-bond acceptors (Lipinski definition) is 4. The SMILES string of the molecule is COc1cc(=O)n(C)c2c1C(C)N(C(=O)OC(C)(C)C)C2. The van der Waals surface area contributed by atoms with Crippen molar-refractivity contribution in [1.82, 2.24) is 9.47 Å². The standard InChI is InChI=1S/C15H22N2O4/c1-9-13-10(16(5)12(18)7-11(13)20-6)8-17(9)14(19)21-15(2,3)4/h7,9H,8H2,1-6H3. The minimum atomic E-state index is -0.554. The number of aromatic nitrogens is 1. The van der Waals surface area contributed by atoms with Crippen LogP contribution in [-0.2, 0) is 18.3 Å². The Kier molecular flexibility index (Phi) is 3.74. The predicted molar refractivity (Wildman–Crippen MR) is 78.4 cm³/mol. The summed E-state index contributed by atoms with van der Waals surface area (Å²) >= 11 is 0. The van der Waals surface area contributed by atoms with E-state index in [1.54, 1.807) is 16.5 Å². The van der Waals surface area contributed by atoms with Gasteiger partial charge in [-0.2, -0.15) is 0 Å². The van der Waals surface area contributed by atoms with E-state index in [-0.39, 0.29) is 17.7 Å². The summed E-state index contributed by atoms with van der Waals surface area (Å²) in [5.41, 5.74) is 0.952. The first-order chi connectivity index (χ1) is 9.65. The minimum absolute atomic E-state index is 0.149. The molecule has 6 heteroatoms. The van der Waals surface area contributed by atoms with Gasteiger partial charge in [0.2, 0.25) is 0 Å². The fourth-order valence-electron chi connectivity index (χ4n) is 2.55. The highest BCUT2D eigenvalue weighted by molar-refractivity contribution is 5.70. The van der Waals surface area contributed by atoms with Gasteiger partial charge in [0, 0.05) is 24.4 Å². The van der Waals surface area contributed by atoms with Crippen molar-refractivity contribution in [2.45, 2.75) is 45.9 Å². The summed E-state index contributed by atoms with van der Waals surface area (Å²) < 4.78 is 12.3. The number of pyridine rings is 1. The molecule has 0 spiro atoms. The molecule has 2 rings (SSSR count). The van der Waals surface area contributed by atoms with Crippen LogP contribution in [0.5, 0.6) is 5.75 Å². The molecular weight excluding hydrogens is 272 g/mol. The predicted octanol–water partition coefficient (Wildman–Crippen LogP) is 2.21. The molecule has 0 saturated heterocycles. The van der Waals surface area contributed by atoms with Crippen molar-refractivity contribution >= 4 is 6.09 Å². The van der Waals surface area contributed by atoms with Gasteiger partial charge in [-0.25, -0.2) is 4.79 Å². The maximum Gasteiger partial charge on any atom is 0.411 e. The summed E-state index contributed by atoms with van der Waals surface area (Å²) in [7, 11) is 3.23. The lowest BCUT2D eigenvalue weighted by molar-refractivity contribution is 0.0185. The molecular formula is C15H22N2O4. The molecule has 0 N–H and O–H groups in total. The molecule has 21 heavy (non-hydrogen) atoms. The number of fused-ring (bicyclic) bond motifs is 1. The average molecular weight is 294 g/mol. The van der Waals surface area contributed by atoms with Gasteiger partial charge in [-0.1, -0.05) is 0 Å². The van der Waals surface area contributed by atoms with Crippen LogP contribution in [0.15, 0.2) is 10.9 Å². The van der Waals surface area contributed by atoms with E-state index in [1.165, 1.54) is 13.2 Å². The van der Waals surface area contributed by atoms with Gasteiger partial charge in [-0.15, -0.1) is 0 Å². The molecule has 116 valence electrons. The second-order valence-electron chi connectivity index (χ2n) is 6.25. The number of nitrogens with zero attached hydrogens (tertiary/aromatic N) is 2. The first kappa shape index (κ1) is 15.4. The molecule has 0 bridgehead atoms. The van der Waals surface area contributed by atoms with Crippen LogP contribution >= 0.6 is 0 Å². The summed E-state index contributed by atoms with van der Waals surface area (Å²) in [6.07, 6.45) is -0.388. The molecule has 1 unspecified atom stereocenters. The number of hydrogen-bond donors (Lipinski definition) is 0. The van der Waals surface area contributed by atoms with E-state index in [4.69, 9.17) is 9.47 Å². The summed E-state index contributed by atoms with van der Waals surface area (Å²) in [6.45, 7) is 7.73. The Balaban J connectivity index is 2.40. The molecule has 0 radical (unpaired) electrons. The molecule has 1 aliphatic heterocycles. The van der Waals surface area contributed by atoms with Gasteiger partial charge in [0.25, 0.3) is 5.56 Å². The molecule has 1 aromatic heterocycles. The van der Waals surface area contributed by atoms with Gasteiger partial charge in [-0.05, 0) is 27.7 Å². The lowest BCUT2D eigenvalue weighted by atomic mass is 10.1. The Morgan fingerprint density at radius 3 is 2.52 bits per heavy atom. The molecule has 0 fully saturated rings. The van der Waals surface area contributed by atoms with E-state index in [9.17, 15) is 9.59 Å². The zero-order chi connectivity index (χ0) is 15.9.